The summed E-state index contributed by atoms with van der Waals surface area (Å²) in [4.78, 5) is 14.2. The fourth-order valence-corrected chi connectivity index (χ4v) is 3.70. The summed E-state index contributed by atoms with van der Waals surface area (Å²) < 4.78 is 1.64. The third-order valence-electron chi connectivity index (χ3n) is 3.84. The summed E-state index contributed by atoms with van der Waals surface area (Å²) >= 11 is 1.69. The monoisotopic (exact) mass is 293 g/mol. The van der Waals surface area contributed by atoms with Crippen LogP contribution in [-0.4, -0.2) is 30.5 Å². The van der Waals surface area contributed by atoms with E-state index < -0.39 is 0 Å². The maximum atomic E-state index is 11.5. The molecule has 6 nitrogen and oxygen atoms in total. The van der Waals surface area contributed by atoms with E-state index in [1.807, 2.05) is 0 Å². The third-order valence-corrected chi connectivity index (χ3v) is 4.99. The number of fused-ring (bicyclic) bond motifs is 1. The first kappa shape index (κ1) is 13.6. The summed E-state index contributed by atoms with van der Waals surface area (Å²) in [5.74, 6) is 2.24. The Morgan fingerprint density at radius 2 is 2.00 bits per heavy atom. The van der Waals surface area contributed by atoms with Gasteiger partial charge >= 0.3 is 0 Å². The van der Waals surface area contributed by atoms with E-state index in [9.17, 15) is 4.79 Å². The minimum absolute atomic E-state index is 0.204. The summed E-state index contributed by atoms with van der Waals surface area (Å²) in [5, 5.41) is 13.1. The molecule has 0 spiro atoms. The van der Waals surface area contributed by atoms with Gasteiger partial charge in [-0.25, -0.2) is 0 Å². The van der Waals surface area contributed by atoms with Crippen LogP contribution in [0.2, 0.25) is 0 Å². The van der Waals surface area contributed by atoms with Crippen LogP contribution in [-0.2, 0) is 0 Å². The quantitative estimate of drug-likeness (QED) is 0.693. The number of aromatic amines is 1. The number of thioether (sulfide) groups is 1. The molecule has 0 radical (unpaired) electrons. The fraction of sp³-hybridized carbons (Fsp3) is 0.692. The molecule has 0 aromatic carbocycles. The van der Waals surface area contributed by atoms with E-state index in [0.29, 0.717) is 11.5 Å². The predicted molar refractivity (Wildman–Crippen MR) is 78.1 cm³/mol. The van der Waals surface area contributed by atoms with Gasteiger partial charge in [0.15, 0.2) is 0 Å². The first-order valence-corrected chi connectivity index (χ1v) is 8.18. The lowest BCUT2D eigenvalue weighted by Gasteiger charge is -2.11. The molecule has 1 fully saturated rings. The molecule has 108 valence electrons. The average Bonchev–Trinajstić information content (AvgIpc) is 2.65. The molecule has 1 saturated carbocycles. The van der Waals surface area contributed by atoms with Crippen LogP contribution in [0.5, 0.6) is 0 Å². The molecular formula is C13H19N5OS. The second kappa shape index (κ2) is 5.95. The second-order valence-electron chi connectivity index (χ2n) is 5.43. The molecule has 0 saturated heterocycles. The van der Waals surface area contributed by atoms with Crippen LogP contribution in [0.3, 0.4) is 0 Å². The Kier molecular flexibility index (Phi) is 4.05. The van der Waals surface area contributed by atoms with E-state index in [1.165, 1.54) is 38.5 Å². The van der Waals surface area contributed by atoms with Crippen LogP contribution in [0.25, 0.3) is 5.78 Å². The third kappa shape index (κ3) is 2.87. The van der Waals surface area contributed by atoms with Gasteiger partial charge in [-0.2, -0.15) is 9.61 Å². The van der Waals surface area contributed by atoms with Crippen molar-refractivity contribution >= 4 is 17.5 Å². The van der Waals surface area contributed by atoms with Crippen LogP contribution in [0.4, 0.5) is 0 Å². The normalized spacial score (nSPS) is 17.4. The van der Waals surface area contributed by atoms with Crippen molar-refractivity contribution in [1.29, 1.82) is 0 Å². The molecule has 0 unspecified atom stereocenters. The lowest BCUT2D eigenvalue weighted by molar-refractivity contribution is 0.512. The standard InChI is InChI=1S/C13H19N5OS/c1-9-11(19)14-12-15-16-13(18(12)17-9)20-8-10-6-4-2-3-5-7-10/h10H,2-8H2,1H3,(H,14,15,19). The topological polar surface area (TPSA) is 75.9 Å². The molecule has 20 heavy (non-hydrogen) atoms. The minimum atomic E-state index is -0.204. The maximum absolute atomic E-state index is 11.5. The number of aryl methyl sites for hydroxylation is 1. The highest BCUT2D eigenvalue weighted by molar-refractivity contribution is 7.99. The highest BCUT2D eigenvalue weighted by atomic mass is 32.2. The Bertz CT molecular complexity index is 642. The number of H-pyrrole nitrogens is 1. The van der Waals surface area contributed by atoms with Crippen molar-refractivity contribution in [3.8, 4) is 0 Å². The summed E-state index contributed by atoms with van der Waals surface area (Å²) in [6.07, 6.45) is 8.06. The Balaban J connectivity index is 1.74. The molecule has 1 N–H and O–H groups in total. The summed E-state index contributed by atoms with van der Waals surface area (Å²) in [6.45, 7) is 1.69. The van der Waals surface area contributed by atoms with Crippen molar-refractivity contribution in [2.24, 2.45) is 5.92 Å². The zero-order chi connectivity index (χ0) is 13.9. The van der Waals surface area contributed by atoms with Crippen molar-refractivity contribution in [2.75, 3.05) is 5.75 Å². The summed E-state index contributed by atoms with van der Waals surface area (Å²) in [7, 11) is 0. The van der Waals surface area contributed by atoms with Gasteiger partial charge < -0.3 is 0 Å². The molecule has 0 bridgehead atoms. The lowest BCUT2D eigenvalue weighted by atomic mass is 10.0. The van der Waals surface area contributed by atoms with Gasteiger partial charge in [0.25, 0.3) is 11.3 Å². The fourth-order valence-electron chi connectivity index (χ4n) is 2.63. The first-order chi connectivity index (χ1) is 9.74. The highest BCUT2D eigenvalue weighted by Crippen LogP contribution is 2.28. The molecule has 0 aliphatic heterocycles. The van der Waals surface area contributed by atoms with Gasteiger partial charge in [-0.05, 0) is 25.7 Å². The molecular weight excluding hydrogens is 274 g/mol. The number of hydrogen-bond acceptors (Lipinski definition) is 5. The Hall–Kier alpha value is -1.37. The second-order valence-corrected chi connectivity index (χ2v) is 6.41. The van der Waals surface area contributed by atoms with Gasteiger partial charge in [-0.15, -0.1) is 10.2 Å². The smallest absolute Gasteiger partial charge is 0.273 e. The van der Waals surface area contributed by atoms with Gasteiger partial charge in [-0.1, -0.05) is 37.4 Å². The van der Waals surface area contributed by atoms with Gasteiger partial charge in [0.05, 0.1) is 0 Å². The molecule has 2 aromatic rings. The van der Waals surface area contributed by atoms with E-state index in [-0.39, 0.29) is 5.56 Å². The van der Waals surface area contributed by atoms with Crippen molar-refractivity contribution in [2.45, 2.75) is 50.6 Å². The Morgan fingerprint density at radius 1 is 1.25 bits per heavy atom. The Labute approximate surface area is 121 Å². The van der Waals surface area contributed by atoms with Gasteiger partial charge in [0.2, 0.25) is 5.16 Å². The average molecular weight is 293 g/mol. The first-order valence-electron chi connectivity index (χ1n) is 7.19. The molecule has 3 rings (SSSR count). The summed E-state index contributed by atoms with van der Waals surface area (Å²) in [6, 6.07) is 0. The van der Waals surface area contributed by atoms with E-state index in [0.717, 1.165) is 16.8 Å². The maximum Gasteiger partial charge on any atom is 0.273 e. The summed E-state index contributed by atoms with van der Waals surface area (Å²) in [5.41, 5.74) is 0.235. The number of aromatic nitrogens is 5. The molecule has 1 aliphatic carbocycles. The van der Waals surface area contributed by atoms with Crippen molar-refractivity contribution in [3.05, 3.63) is 16.0 Å². The lowest BCUT2D eigenvalue weighted by Crippen LogP contribution is -2.15. The molecule has 1 aliphatic rings. The number of rotatable bonds is 3. The molecule has 0 atom stereocenters. The zero-order valence-corrected chi connectivity index (χ0v) is 12.4. The van der Waals surface area contributed by atoms with Gasteiger partial charge in [0.1, 0.15) is 5.69 Å². The largest absolute Gasteiger partial charge is 0.288 e. The molecule has 2 aromatic heterocycles. The van der Waals surface area contributed by atoms with Crippen LogP contribution < -0.4 is 5.56 Å². The SMILES string of the molecule is Cc1nn2c(SCC3CCCCCC3)nnc2[nH]c1=O. The van der Waals surface area contributed by atoms with Gasteiger partial charge in [0, 0.05) is 5.75 Å². The van der Waals surface area contributed by atoms with Crippen molar-refractivity contribution in [1.82, 2.24) is 24.8 Å². The van der Waals surface area contributed by atoms with Crippen molar-refractivity contribution < 1.29 is 0 Å². The van der Waals surface area contributed by atoms with Crippen LogP contribution >= 0.6 is 11.8 Å². The van der Waals surface area contributed by atoms with Crippen molar-refractivity contribution in [3.63, 3.8) is 0 Å². The zero-order valence-electron chi connectivity index (χ0n) is 11.6. The number of nitrogens with one attached hydrogen (secondary N) is 1. The van der Waals surface area contributed by atoms with E-state index in [4.69, 9.17) is 0 Å². The van der Waals surface area contributed by atoms with Crippen LogP contribution in [0.15, 0.2) is 9.95 Å². The molecule has 0 amide bonds. The number of nitrogens with zero attached hydrogens (tertiary/aromatic N) is 4. The predicted octanol–water partition coefficient (Wildman–Crippen LogP) is 2.18. The van der Waals surface area contributed by atoms with Crippen LogP contribution in [0.1, 0.15) is 44.2 Å². The molecule has 7 heteroatoms. The Morgan fingerprint density at radius 3 is 2.75 bits per heavy atom. The van der Waals surface area contributed by atoms with E-state index in [2.05, 4.69) is 20.3 Å². The van der Waals surface area contributed by atoms with E-state index >= 15 is 0 Å². The molecule has 2 heterocycles. The number of hydrogen-bond donors (Lipinski definition) is 1. The highest BCUT2D eigenvalue weighted by Gasteiger charge is 2.15. The van der Waals surface area contributed by atoms with Gasteiger partial charge in [-0.3, -0.25) is 9.78 Å². The van der Waals surface area contributed by atoms with E-state index in [1.54, 1.807) is 23.2 Å². The minimum Gasteiger partial charge on any atom is -0.288 e. The van der Waals surface area contributed by atoms with Crippen LogP contribution in [0, 0.1) is 12.8 Å².